The van der Waals surface area contributed by atoms with Crippen LogP contribution in [0.1, 0.15) is 89.5 Å². The van der Waals surface area contributed by atoms with Crippen molar-refractivity contribution in [2.75, 3.05) is 39.5 Å². The molecular weight excluding hydrogens is 877 g/mol. The van der Waals surface area contributed by atoms with Crippen LogP contribution in [0.25, 0.3) is 0 Å². The van der Waals surface area contributed by atoms with Crippen molar-refractivity contribution >= 4 is 23.9 Å². The summed E-state index contributed by atoms with van der Waals surface area (Å²) >= 11 is 0. The zero-order valence-electron chi connectivity index (χ0n) is 40.2. The highest BCUT2D eigenvalue weighted by Gasteiger charge is 2.31. The highest BCUT2D eigenvalue weighted by atomic mass is 17.3. The number of nitrogens with zero attached hydrogens (tertiary/aromatic N) is 2. The molecule has 0 heterocycles. The average molecular weight is 945 g/mol. The molecule has 0 aliphatic heterocycles. The quantitative estimate of drug-likeness (QED) is 0.0156. The van der Waals surface area contributed by atoms with Crippen LogP contribution in [0.15, 0.2) is 121 Å². The molecule has 0 radical (unpaired) electrons. The third-order valence-corrected chi connectivity index (χ3v) is 9.44. The van der Waals surface area contributed by atoms with Crippen molar-refractivity contribution in [1.82, 2.24) is 10.1 Å². The Morgan fingerprint density at radius 2 is 0.647 bits per heavy atom. The minimum atomic E-state index is -0.843. The van der Waals surface area contributed by atoms with Crippen LogP contribution < -0.4 is 0 Å². The Morgan fingerprint density at radius 3 is 0.882 bits per heavy atom. The van der Waals surface area contributed by atoms with Gasteiger partial charge in [0, 0.05) is 0 Å². The van der Waals surface area contributed by atoms with Crippen LogP contribution in [0.2, 0.25) is 0 Å². The van der Waals surface area contributed by atoms with Crippen LogP contribution in [0.5, 0.6) is 0 Å². The van der Waals surface area contributed by atoms with Gasteiger partial charge in [-0.2, -0.15) is 10.1 Å². The molecule has 0 aliphatic rings. The predicted octanol–water partition coefficient (Wildman–Crippen LogP) is 8.22. The fourth-order valence-corrected chi connectivity index (χ4v) is 6.02. The van der Waals surface area contributed by atoms with Crippen molar-refractivity contribution in [1.29, 1.82) is 0 Å². The van der Waals surface area contributed by atoms with Gasteiger partial charge >= 0.3 is 23.9 Å². The van der Waals surface area contributed by atoms with Gasteiger partial charge in [0.2, 0.25) is 0 Å². The number of ether oxygens (including phenoxy) is 6. The molecule has 0 bridgehead atoms. The van der Waals surface area contributed by atoms with Gasteiger partial charge in [-0.25, -0.2) is 9.78 Å². The molecule has 0 spiro atoms. The number of rotatable bonds is 31. The Bertz CT molecular complexity index is 1770. The first-order valence-corrected chi connectivity index (χ1v) is 22.8. The molecule has 4 aromatic rings. The summed E-state index contributed by atoms with van der Waals surface area (Å²) in [5.74, 6) is -2.19. The molecule has 4 rings (SSSR count). The first kappa shape index (κ1) is 55.0. The first-order chi connectivity index (χ1) is 32.6. The molecule has 0 atom stereocenters. The second-order valence-corrected chi connectivity index (χ2v) is 17.8. The molecule has 16 heteroatoms. The lowest BCUT2D eigenvalue weighted by molar-refractivity contribution is -0.470. The summed E-state index contributed by atoms with van der Waals surface area (Å²) < 4.78 is 34.1. The third kappa shape index (κ3) is 24.5. The van der Waals surface area contributed by atoms with Crippen molar-refractivity contribution in [2.45, 2.75) is 117 Å². The normalized spacial score (nSPS) is 11.9. The monoisotopic (exact) mass is 944 g/mol. The summed E-state index contributed by atoms with van der Waals surface area (Å²) in [4.78, 5) is 75.7. The largest absolute Gasteiger partial charge is 0.461 e. The van der Waals surface area contributed by atoms with Gasteiger partial charge in [0.05, 0.1) is 88.5 Å². The second-order valence-electron chi connectivity index (χ2n) is 17.8. The lowest BCUT2D eigenvalue weighted by Crippen LogP contribution is -2.43. The summed E-state index contributed by atoms with van der Waals surface area (Å²) in [7, 11) is 0. The van der Waals surface area contributed by atoms with Crippen molar-refractivity contribution in [3.05, 3.63) is 144 Å². The molecule has 0 aromatic heterocycles. The van der Waals surface area contributed by atoms with E-state index in [1.807, 2.05) is 121 Å². The summed E-state index contributed by atoms with van der Waals surface area (Å²) in [6, 6.07) is 35.4. The predicted molar refractivity (Wildman–Crippen MR) is 250 cm³/mol. The van der Waals surface area contributed by atoms with E-state index in [0.29, 0.717) is 0 Å². The molecule has 0 saturated heterocycles. The highest BCUT2D eigenvalue weighted by molar-refractivity contribution is 5.74. The Labute approximate surface area is 400 Å². The molecule has 0 aliphatic carbocycles. The standard InChI is InChI=1S/C52H68N2O14/c1-51(2,3)65-67-53(45(33-47(55)61-37-41-19-11-7-12-20-41)34-48(56)62-38-42-21-13-8-14-22-42)27-29-59-31-32-60-30-28-54(68-66-52(4,5)6)46(35-49(57)63-39-43-23-15-9-16-24-43)36-50(58)64-40-44-25-17-10-18-26-44/h7-26,45-46H,27-40H2,1-6H3. The molecule has 0 fully saturated rings. The van der Waals surface area contributed by atoms with Crippen molar-refractivity contribution < 1.29 is 67.4 Å². The van der Waals surface area contributed by atoms with Crippen LogP contribution >= 0.6 is 0 Å². The molecule has 370 valence electrons. The van der Waals surface area contributed by atoms with Crippen LogP contribution in [0.4, 0.5) is 0 Å². The zero-order chi connectivity index (χ0) is 49.0. The van der Waals surface area contributed by atoms with E-state index in [2.05, 4.69) is 0 Å². The van der Waals surface area contributed by atoms with E-state index in [1.165, 1.54) is 10.1 Å². The van der Waals surface area contributed by atoms with Gasteiger partial charge in [0.25, 0.3) is 0 Å². The number of esters is 4. The minimum Gasteiger partial charge on any atom is -0.461 e. The summed E-state index contributed by atoms with van der Waals surface area (Å²) in [5.41, 5.74) is 1.79. The van der Waals surface area contributed by atoms with E-state index in [4.69, 9.17) is 48.2 Å². The van der Waals surface area contributed by atoms with Crippen LogP contribution in [0.3, 0.4) is 0 Å². The summed E-state index contributed by atoms with van der Waals surface area (Å²) in [6.07, 6.45) is -0.842. The van der Waals surface area contributed by atoms with Gasteiger partial charge in [-0.15, -0.1) is 9.98 Å². The maximum absolute atomic E-state index is 13.2. The van der Waals surface area contributed by atoms with Crippen molar-refractivity contribution in [3.63, 3.8) is 0 Å². The SMILES string of the molecule is CC(C)(C)OON(CCOCCOCCN(OOC(C)(C)C)C(CC(=O)OCc1ccccc1)CC(=O)OCc1ccccc1)C(CC(=O)OCc1ccccc1)CC(=O)OCc1ccccc1. The van der Waals surface area contributed by atoms with Gasteiger partial charge in [-0.05, 0) is 63.8 Å². The van der Waals surface area contributed by atoms with E-state index >= 15 is 0 Å². The van der Waals surface area contributed by atoms with E-state index in [9.17, 15) is 19.2 Å². The Balaban J connectivity index is 1.35. The molecule has 0 amide bonds. The number of benzene rings is 4. The first-order valence-electron chi connectivity index (χ1n) is 22.8. The Morgan fingerprint density at radius 1 is 0.397 bits per heavy atom. The van der Waals surface area contributed by atoms with Gasteiger partial charge in [-0.3, -0.25) is 19.2 Å². The van der Waals surface area contributed by atoms with Crippen molar-refractivity contribution in [2.24, 2.45) is 0 Å². The lowest BCUT2D eigenvalue weighted by Gasteiger charge is -2.31. The smallest absolute Gasteiger partial charge is 0.307 e. The summed E-state index contributed by atoms with van der Waals surface area (Å²) in [5, 5.41) is 2.78. The van der Waals surface area contributed by atoms with Crippen LogP contribution in [-0.4, -0.2) is 96.8 Å². The second kappa shape index (κ2) is 30.0. The molecule has 16 nitrogen and oxygen atoms in total. The minimum absolute atomic E-state index is 0.0596. The maximum Gasteiger partial charge on any atom is 0.307 e. The highest BCUT2D eigenvalue weighted by Crippen LogP contribution is 2.20. The topological polar surface area (TPSA) is 167 Å². The molecule has 0 unspecified atom stereocenters. The van der Waals surface area contributed by atoms with Crippen LogP contribution in [-0.2, 0) is 93.8 Å². The molecule has 68 heavy (non-hydrogen) atoms. The van der Waals surface area contributed by atoms with E-state index in [0.717, 1.165) is 22.3 Å². The number of hydrogen-bond donors (Lipinski definition) is 0. The molecular formula is C52H68N2O14. The van der Waals surface area contributed by atoms with Gasteiger partial charge in [-0.1, -0.05) is 121 Å². The molecule has 0 N–H and O–H groups in total. The fraction of sp³-hybridized carbons (Fsp3) is 0.462. The van der Waals surface area contributed by atoms with Crippen LogP contribution in [0, 0.1) is 0 Å². The third-order valence-electron chi connectivity index (χ3n) is 9.44. The maximum atomic E-state index is 13.2. The van der Waals surface area contributed by atoms with E-state index in [-0.39, 0.29) is 91.6 Å². The van der Waals surface area contributed by atoms with E-state index in [1.54, 1.807) is 41.5 Å². The van der Waals surface area contributed by atoms with Gasteiger partial charge < -0.3 is 28.4 Å². The summed E-state index contributed by atoms with van der Waals surface area (Å²) in [6.45, 7) is 11.7. The molecule has 4 aromatic carbocycles. The van der Waals surface area contributed by atoms with Gasteiger partial charge in [0.15, 0.2) is 0 Å². The number of carbonyl (C=O) groups is 4. The Hall–Kier alpha value is -5.56. The van der Waals surface area contributed by atoms with Crippen molar-refractivity contribution in [3.8, 4) is 0 Å². The van der Waals surface area contributed by atoms with Gasteiger partial charge in [0.1, 0.15) is 26.4 Å². The Kier molecular flexibility index (Phi) is 24.3. The number of carbonyl (C=O) groups excluding carboxylic acids is 4. The van der Waals surface area contributed by atoms with E-state index < -0.39 is 47.2 Å². The zero-order valence-corrected chi connectivity index (χ0v) is 40.2. The average Bonchev–Trinajstić information content (AvgIpc) is 3.32. The number of hydroxylamine groups is 4. The number of hydrogen-bond acceptors (Lipinski definition) is 16. The lowest BCUT2D eigenvalue weighted by atomic mass is 10.1. The molecule has 0 saturated carbocycles. The fourth-order valence-electron chi connectivity index (χ4n) is 6.02.